The van der Waals surface area contributed by atoms with Crippen molar-refractivity contribution in [1.82, 2.24) is 0 Å². The summed E-state index contributed by atoms with van der Waals surface area (Å²) in [5.74, 6) is 0.767. The lowest BCUT2D eigenvalue weighted by molar-refractivity contribution is 0.667. The van der Waals surface area contributed by atoms with Crippen LogP contribution < -0.4 is 0 Å². The van der Waals surface area contributed by atoms with E-state index in [1.807, 2.05) is 0 Å². The third kappa shape index (κ3) is 3.74. The van der Waals surface area contributed by atoms with Crippen molar-refractivity contribution in [1.29, 1.82) is 0 Å². The van der Waals surface area contributed by atoms with Gasteiger partial charge in [0.1, 0.15) is 0 Å². The van der Waals surface area contributed by atoms with E-state index in [0.717, 1.165) is 0 Å². The van der Waals surface area contributed by atoms with Crippen molar-refractivity contribution in [3.8, 4) is 22.3 Å². The molecule has 0 aliphatic heterocycles. The number of rotatable bonds is 3. The summed E-state index contributed by atoms with van der Waals surface area (Å²) in [6, 6.07) is 49.4. The highest BCUT2D eigenvalue weighted by molar-refractivity contribution is 6.21. The first-order valence-corrected chi connectivity index (χ1v) is 16.3. The highest BCUT2D eigenvalue weighted by atomic mass is 14.4. The number of hydrogen-bond donors (Lipinski definition) is 0. The topological polar surface area (TPSA) is 0 Å². The van der Waals surface area contributed by atoms with Gasteiger partial charge < -0.3 is 0 Å². The first kappa shape index (κ1) is 25.6. The van der Waals surface area contributed by atoms with E-state index in [4.69, 9.17) is 0 Å². The van der Waals surface area contributed by atoms with Crippen LogP contribution >= 0.6 is 0 Å². The Hall–Kier alpha value is -5.72. The lowest BCUT2D eigenvalue weighted by Crippen LogP contribution is -2.21. The minimum Gasteiger partial charge on any atom is -0.0761 e. The van der Waals surface area contributed by atoms with Gasteiger partial charge in [-0.05, 0) is 100 Å². The molecule has 0 saturated carbocycles. The van der Waals surface area contributed by atoms with Gasteiger partial charge in [-0.1, -0.05) is 158 Å². The fraction of sp³-hybridized carbons (Fsp3) is 0.0435. The highest BCUT2D eigenvalue weighted by Crippen LogP contribution is 2.51. The smallest absolute Gasteiger partial charge is 0.0205 e. The van der Waals surface area contributed by atoms with Crippen LogP contribution in [0.5, 0.6) is 0 Å². The Morgan fingerprint density at radius 3 is 1.72 bits per heavy atom. The maximum Gasteiger partial charge on any atom is 0.0205 e. The van der Waals surface area contributed by atoms with Gasteiger partial charge in [0.2, 0.25) is 0 Å². The summed E-state index contributed by atoms with van der Waals surface area (Å²) >= 11 is 0. The Balaban J connectivity index is 1.19. The fourth-order valence-electron chi connectivity index (χ4n) is 8.35. The zero-order valence-electron chi connectivity index (χ0n) is 25.3. The third-order valence-electron chi connectivity index (χ3n) is 10.4. The van der Waals surface area contributed by atoms with Gasteiger partial charge in [0.05, 0.1) is 0 Å². The van der Waals surface area contributed by atoms with E-state index in [2.05, 4.69) is 170 Å². The van der Waals surface area contributed by atoms with Crippen LogP contribution in [-0.4, -0.2) is 0 Å². The minimum atomic E-state index is 0.368. The molecule has 3 aliphatic carbocycles. The van der Waals surface area contributed by atoms with E-state index in [1.165, 1.54) is 88.0 Å². The molecule has 2 unspecified atom stereocenters. The highest BCUT2D eigenvalue weighted by Gasteiger charge is 2.34. The molecular weight excluding hydrogens is 553 g/mol. The molecule has 0 N–H and O–H groups in total. The van der Waals surface area contributed by atoms with Crippen LogP contribution in [0.25, 0.3) is 72.3 Å². The molecule has 3 aliphatic rings. The molecule has 0 fully saturated rings. The molecule has 7 aromatic rings. The predicted octanol–water partition coefficient (Wildman–Crippen LogP) is 12.3. The van der Waals surface area contributed by atoms with Crippen molar-refractivity contribution < 1.29 is 0 Å². The first-order valence-electron chi connectivity index (χ1n) is 16.3. The minimum absolute atomic E-state index is 0.368. The van der Waals surface area contributed by atoms with Crippen molar-refractivity contribution >= 4 is 50.0 Å². The second kappa shape index (κ2) is 9.89. The van der Waals surface area contributed by atoms with E-state index in [-0.39, 0.29) is 0 Å². The molecular formula is C46H30. The van der Waals surface area contributed by atoms with Crippen LogP contribution in [0.1, 0.15) is 28.2 Å². The monoisotopic (exact) mass is 582 g/mol. The third-order valence-corrected chi connectivity index (χ3v) is 10.4. The van der Waals surface area contributed by atoms with Crippen molar-refractivity contribution in [2.45, 2.75) is 5.92 Å². The summed E-state index contributed by atoms with van der Waals surface area (Å²) in [5, 5.41) is 7.67. The van der Waals surface area contributed by atoms with Crippen molar-refractivity contribution in [3.05, 3.63) is 186 Å². The summed E-state index contributed by atoms with van der Waals surface area (Å²) in [6.45, 7) is 0. The Labute approximate surface area is 269 Å². The first-order chi connectivity index (χ1) is 22.8. The lowest BCUT2D eigenvalue weighted by Gasteiger charge is -2.36. The van der Waals surface area contributed by atoms with Crippen LogP contribution in [0.15, 0.2) is 163 Å². The average molecular weight is 583 g/mol. The van der Waals surface area contributed by atoms with Crippen LogP contribution in [0, 0.1) is 5.92 Å². The molecule has 0 spiro atoms. The fourth-order valence-corrected chi connectivity index (χ4v) is 8.35. The Bertz CT molecular complexity index is 2480. The molecule has 0 amide bonds. The number of hydrogen-bond acceptors (Lipinski definition) is 0. The second-order valence-corrected chi connectivity index (χ2v) is 12.8. The van der Waals surface area contributed by atoms with Gasteiger partial charge in [-0.25, -0.2) is 0 Å². The maximum atomic E-state index is 2.42. The molecule has 0 heterocycles. The summed E-state index contributed by atoms with van der Waals surface area (Å²) in [6.07, 6.45) is 14.2. The van der Waals surface area contributed by atoms with Crippen LogP contribution in [0.4, 0.5) is 0 Å². The molecule has 46 heavy (non-hydrogen) atoms. The molecule has 0 heteroatoms. The number of allylic oxidation sites excluding steroid dienone is 6. The van der Waals surface area contributed by atoms with Crippen molar-refractivity contribution in [2.75, 3.05) is 0 Å². The van der Waals surface area contributed by atoms with Gasteiger partial charge in [0.15, 0.2) is 0 Å². The van der Waals surface area contributed by atoms with Gasteiger partial charge in [0, 0.05) is 11.8 Å². The number of fused-ring (bicyclic) bond motifs is 3. The van der Waals surface area contributed by atoms with E-state index in [9.17, 15) is 0 Å². The Kier molecular flexibility index (Phi) is 5.50. The van der Waals surface area contributed by atoms with Gasteiger partial charge >= 0.3 is 0 Å². The molecule has 0 nitrogen and oxygen atoms in total. The SMILES string of the molecule is C1=CC2C=Cc3cccc4c3C2C(=C1c1cccc(-c2c3ccccc3c(-c3ccc5ccccc5c3)c3ccccc23)c1)C=C4. The van der Waals surface area contributed by atoms with Crippen molar-refractivity contribution in [3.63, 3.8) is 0 Å². The van der Waals surface area contributed by atoms with E-state index in [0.29, 0.717) is 11.8 Å². The zero-order chi connectivity index (χ0) is 30.2. The maximum absolute atomic E-state index is 2.42. The average Bonchev–Trinajstić information content (AvgIpc) is 3.12. The standard InChI is InChI=1S/C46H30/c1-2-10-33-27-36(22-19-29(33)9-1)45-40-17-5-3-15-38(40)44(39-16-4-6-18-41(39)45)35-14-8-13-34(28-35)37-25-23-32-21-20-30-11-7-12-31-24-26-42(37)46(32)43(30)31/h1-28,32,46H. The predicted molar refractivity (Wildman–Crippen MR) is 197 cm³/mol. The normalized spacial score (nSPS) is 17.7. The van der Waals surface area contributed by atoms with E-state index < -0.39 is 0 Å². The van der Waals surface area contributed by atoms with Gasteiger partial charge in [0.25, 0.3) is 0 Å². The van der Waals surface area contributed by atoms with E-state index >= 15 is 0 Å². The largest absolute Gasteiger partial charge is 0.0761 e. The summed E-state index contributed by atoms with van der Waals surface area (Å²) in [7, 11) is 0. The summed E-state index contributed by atoms with van der Waals surface area (Å²) in [4.78, 5) is 0. The van der Waals surface area contributed by atoms with Gasteiger partial charge in [-0.2, -0.15) is 0 Å². The Morgan fingerprint density at radius 1 is 0.391 bits per heavy atom. The quantitative estimate of drug-likeness (QED) is 0.182. The van der Waals surface area contributed by atoms with Crippen LogP contribution in [-0.2, 0) is 0 Å². The summed E-state index contributed by atoms with van der Waals surface area (Å²) in [5.41, 5.74) is 13.3. The molecule has 7 aromatic carbocycles. The molecule has 0 aromatic heterocycles. The molecule has 2 atom stereocenters. The molecule has 10 rings (SSSR count). The lowest BCUT2D eigenvalue weighted by atomic mass is 9.67. The second-order valence-electron chi connectivity index (χ2n) is 12.8. The molecule has 0 radical (unpaired) electrons. The molecule has 214 valence electrons. The Morgan fingerprint density at radius 2 is 0.978 bits per heavy atom. The van der Waals surface area contributed by atoms with Gasteiger partial charge in [-0.3, -0.25) is 0 Å². The molecule has 0 saturated heterocycles. The zero-order valence-corrected chi connectivity index (χ0v) is 25.3. The van der Waals surface area contributed by atoms with E-state index in [1.54, 1.807) is 0 Å². The van der Waals surface area contributed by atoms with Crippen molar-refractivity contribution in [2.24, 2.45) is 5.92 Å². The molecule has 0 bridgehead atoms. The van der Waals surface area contributed by atoms with Gasteiger partial charge in [-0.15, -0.1) is 0 Å². The summed E-state index contributed by atoms with van der Waals surface area (Å²) < 4.78 is 0. The van der Waals surface area contributed by atoms with Crippen LogP contribution in [0.3, 0.4) is 0 Å². The number of benzene rings is 7. The van der Waals surface area contributed by atoms with Crippen LogP contribution in [0.2, 0.25) is 0 Å².